The van der Waals surface area contributed by atoms with Crippen molar-refractivity contribution in [1.29, 1.82) is 0 Å². The molecule has 2 N–H and O–H groups in total. The molecule has 4 heterocycles. The molecule has 0 saturated carbocycles. The lowest BCUT2D eigenvalue weighted by atomic mass is 9.92. The zero-order valence-corrected chi connectivity index (χ0v) is 16.1. The standard InChI is InChI=1S/C23H23N3O3/c27-23-19-11-20-18-7-8-24-13-21(18)29-14-15-4-3-6-17(10-15)28-9-2-1-5-16(12-25-23)22(19)26-20/h3-4,6-8,10-11,13,16,26H,1-2,5,9,12,14H2,(H,25,27). The summed E-state index contributed by atoms with van der Waals surface area (Å²) in [6, 6.07) is 11.9. The summed E-state index contributed by atoms with van der Waals surface area (Å²) in [5.41, 5.74) is 4.57. The molecule has 148 valence electrons. The van der Waals surface area contributed by atoms with E-state index in [2.05, 4.69) is 15.3 Å². The highest BCUT2D eigenvalue weighted by atomic mass is 16.5. The summed E-state index contributed by atoms with van der Waals surface area (Å²) in [4.78, 5) is 20.2. The van der Waals surface area contributed by atoms with Gasteiger partial charge in [0.05, 0.1) is 24.1 Å². The third-order valence-corrected chi connectivity index (χ3v) is 5.59. The molecule has 1 amide bonds. The number of rotatable bonds is 0. The number of hydrogen-bond acceptors (Lipinski definition) is 4. The highest BCUT2D eigenvalue weighted by molar-refractivity contribution is 5.98. The first-order valence-electron chi connectivity index (χ1n) is 10.1. The van der Waals surface area contributed by atoms with Crippen LogP contribution in [0.1, 0.15) is 46.8 Å². The van der Waals surface area contributed by atoms with E-state index in [9.17, 15) is 4.79 Å². The molecule has 0 saturated heterocycles. The van der Waals surface area contributed by atoms with Crippen molar-refractivity contribution in [2.75, 3.05) is 13.2 Å². The van der Waals surface area contributed by atoms with Gasteiger partial charge in [0.25, 0.3) is 5.91 Å². The van der Waals surface area contributed by atoms with Crippen LogP contribution in [0.5, 0.6) is 11.5 Å². The van der Waals surface area contributed by atoms with Crippen LogP contribution in [0, 0.1) is 0 Å². The fourth-order valence-corrected chi connectivity index (χ4v) is 4.07. The van der Waals surface area contributed by atoms with Crippen molar-refractivity contribution in [3.63, 3.8) is 0 Å². The highest BCUT2D eigenvalue weighted by Crippen LogP contribution is 2.35. The molecule has 3 aromatic rings. The van der Waals surface area contributed by atoms with Crippen molar-refractivity contribution in [3.05, 3.63) is 65.6 Å². The summed E-state index contributed by atoms with van der Waals surface area (Å²) in [6.07, 6.45) is 6.47. The van der Waals surface area contributed by atoms with Crippen LogP contribution in [0.25, 0.3) is 11.3 Å². The van der Waals surface area contributed by atoms with Crippen LogP contribution in [0.4, 0.5) is 0 Å². The van der Waals surface area contributed by atoms with E-state index >= 15 is 0 Å². The molecule has 2 aromatic heterocycles. The smallest absolute Gasteiger partial charge is 0.253 e. The van der Waals surface area contributed by atoms with Gasteiger partial charge < -0.3 is 19.8 Å². The Labute approximate surface area is 169 Å². The molecule has 5 rings (SSSR count). The molecule has 0 aliphatic carbocycles. The second-order valence-corrected chi connectivity index (χ2v) is 7.57. The number of H-pyrrole nitrogens is 1. The number of hydrogen-bond donors (Lipinski definition) is 2. The Hall–Kier alpha value is -3.28. The number of aromatic nitrogens is 2. The Kier molecular flexibility index (Phi) is 4.68. The lowest BCUT2D eigenvalue weighted by molar-refractivity contribution is 0.0938. The normalized spacial score (nSPS) is 18.8. The monoisotopic (exact) mass is 389 g/mol. The van der Waals surface area contributed by atoms with Crippen molar-refractivity contribution in [2.45, 2.75) is 31.8 Å². The first-order valence-corrected chi connectivity index (χ1v) is 10.1. The summed E-state index contributed by atoms with van der Waals surface area (Å²) in [5.74, 6) is 1.80. The van der Waals surface area contributed by atoms with Gasteiger partial charge in [-0.1, -0.05) is 12.1 Å². The predicted molar refractivity (Wildman–Crippen MR) is 109 cm³/mol. The first kappa shape index (κ1) is 17.8. The topological polar surface area (TPSA) is 76.2 Å². The van der Waals surface area contributed by atoms with Crippen molar-refractivity contribution in [1.82, 2.24) is 15.3 Å². The Balaban J connectivity index is 1.55. The maximum Gasteiger partial charge on any atom is 0.253 e. The molecule has 0 fully saturated rings. The van der Waals surface area contributed by atoms with Crippen LogP contribution in [-0.2, 0) is 6.61 Å². The number of ether oxygens (including phenoxy) is 2. The quantitative estimate of drug-likeness (QED) is 0.608. The van der Waals surface area contributed by atoms with Gasteiger partial charge >= 0.3 is 0 Å². The van der Waals surface area contributed by atoms with Crippen LogP contribution < -0.4 is 14.8 Å². The van der Waals surface area contributed by atoms with E-state index in [1.165, 1.54) is 0 Å². The minimum atomic E-state index is -0.0208. The number of benzene rings is 1. The molecule has 1 aromatic carbocycles. The molecule has 29 heavy (non-hydrogen) atoms. The molecule has 0 radical (unpaired) electrons. The number of carbonyl (C=O) groups is 1. The molecule has 4 bridgehead atoms. The van der Waals surface area contributed by atoms with Crippen molar-refractivity contribution in [3.8, 4) is 22.8 Å². The maximum atomic E-state index is 12.4. The number of nitrogens with zero attached hydrogens (tertiary/aromatic N) is 1. The summed E-state index contributed by atoms with van der Waals surface area (Å²) >= 11 is 0. The Morgan fingerprint density at radius 1 is 1.07 bits per heavy atom. The zero-order chi connectivity index (χ0) is 19.6. The summed E-state index contributed by atoms with van der Waals surface area (Å²) in [5, 5.41) is 3.03. The second-order valence-electron chi connectivity index (χ2n) is 7.57. The molecule has 1 unspecified atom stereocenters. The molecule has 6 heteroatoms. The molecule has 2 aliphatic heterocycles. The molecule has 0 spiro atoms. The number of amides is 1. The molecule has 1 atom stereocenters. The Bertz CT molecular complexity index is 1040. The van der Waals surface area contributed by atoms with Crippen molar-refractivity contribution < 1.29 is 14.3 Å². The molecular weight excluding hydrogens is 366 g/mol. The zero-order valence-electron chi connectivity index (χ0n) is 16.1. The molecular formula is C23H23N3O3. The Morgan fingerprint density at radius 2 is 2.03 bits per heavy atom. The van der Waals surface area contributed by atoms with Crippen LogP contribution in [-0.4, -0.2) is 29.0 Å². The van der Waals surface area contributed by atoms with Gasteiger partial charge in [0.1, 0.15) is 18.1 Å². The van der Waals surface area contributed by atoms with Gasteiger partial charge in [-0.25, -0.2) is 0 Å². The van der Waals surface area contributed by atoms with E-state index < -0.39 is 0 Å². The lowest BCUT2D eigenvalue weighted by Crippen LogP contribution is -2.34. The van der Waals surface area contributed by atoms with Gasteiger partial charge in [0, 0.05) is 29.9 Å². The Morgan fingerprint density at radius 3 is 3.00 bits per heavy atom. The van der Waals surface area contributed by atoms with Gasteiger partial charge in [0.2, 0.25) is 0 Å². The number of pyridine rings is 1. The summed E-state index contributed by atoms with van der Waals surface area (Å²) in [7, 11) is 0. The highest BCUT2D eigenvalue weighted by Gasteiger charge is 2.28. The third kappa shape index (κ3) is 3.58. The van der Waals surface area contributed by atoms with E-state index in [-0.39, 0.29) is 11.8 Å². The van der Waals surface area contributed by atoms with E-state index in [1.54, 1.807) is 12.4 Å². The SMILES string of the molecule is O=C1NCC2CCCCOc3cccc(c3)COc3cnccc3-c3cc1c2[nH]3. The number of carbonyl (C=O) groups excluding carboxylic acids is 1. The first-order chi connectivity index (χ1) is 14.3. The van der Waals surface area contributed by atoms with Crippen molar-refractivity contribution >= 4 is 5.91 Å². The fraction of sp³-hybridized carbons (Fsp3) is 0.304. The number of fused-ring (bicyclic) bond motifs is 5. The second kappa shape index (κ2) is 7.62. The largest absolute Gasteiger partial charge is 0.494 e. The van der Waals surface area contributed by atoms with E-state index in [0.29, 0.717) is 25.5 Å². The van der Waals surface area contributed by atoms with Gasteiger partial charge in [-0.15, -0.1) is 0 Å². The number of nitrogens with one attached hydrogen (secondary N) is 2. The average molecular weight is 389 g/mol. The third-order valence-electron chi connectivity index (χ3n) is 5.59. The van der Waals surface area contributed by atoms with E-state index in [1.807, 2.05) is 36.4 Å². The van der Waals surface area contributed by atoms with E-state index in [4.69, 9.17) is 9.47 Å². The minimum absolute atomic E-state index is 0.0208. The van der Waals surface area contributed by atoms with Crippen LogP contribution in [0.2, 0.25) is 0 Å². The van der Waals surface area contributed by atoms with Gasteiger partial charge in [-0.2, -0.15) is 0 Å². The van der Waals surface area contributed by atoms with Crippen LogP contribution in [0.15, 0.2) is 48.8 Å². The maximum absolute atomic E-state index is 12.4. The minimum Gasteiger partial charge on any atom is -0.494 e. The van der Waals surface area contributed by atoms with Crippen LogP contribution in [0.3, 0.4) is 0 Å². The van der Waals surface area contributed by atoms with E-state index in [0.717, 1.165) is 53.1 Å². The molecule has 6 nitrogen and oxygen atoms in total. The molecule has 2 aliphatic rings. The predicted octanol–water partition coefficient (Wildman–Crippen LogP) is 4.05. The summed E-state index contributed by atoms with van der Waals surface area (Å²) < 4.78 is 12.0. The van der Waals surface area contributed by atoms with Gasteiger partial charge in [-0.05, 0) is 49.1 Å². The average Bonchev–Trinajstić information content (AvgIpc) is 3.20. The number of aromatic amines is 1. The van der Waals surface area contributed by atoms with Gasteiger partial charge in [0.15, 0.2) is 0 Å². The van der Waals surface area contributed by atoms with Crippen LogP contribution >= 0.6 is 0 Å². The van der Waals surface area contributed by atoms with Gasteiger partial charge in [-0.3, -0.25) is 9.78 Å². The fourth-order valence-electron chi connectivity index (χ4n) is 4.07. The lowest BCUT2D eigenvalue weighted by Gasteiger charge is -2.23. The van der Waals surface area contributed by atoms with Crippen molar-refractivity contribution in [2.24, 2.45) is 0 Å². The summed E-state index contributed by atoms with van der Waals surface area (Å²) in [6.45, 7) is 1.76.